The highest BCUT2D eigenvalue weighted by molar-refractivity contribution is 5.97. The molecule has 0 saturated carbocycles. The van der Waals surface area contributed by atoms with Gasteiger partial charge in [-0.25, -0.2) is 4.79 Å². The third-order valence-corrected chi connectivity index (χ3v) is 2.46. The van der Waals surface area contributed by atoms with E-state index in [0.29, 0.717) is 17.9 Å². The molecule has 0 aliphatic carbocycles. The molecule has 0 saturated heterocycles. The number of nitrogens with two attached hydrogens (primary N) is 1. The second-order valence-electron chi connectivity index (χ2n) is 3.55. The molecule has 0 amide bonds. The second kappa shape index (κ2) is 4.74. The minimum Gasteiger partial charge on any atom is -0.462 e. The van der Waals surface area contributed by atoms with Crippen LogP contribution in [0.1, 0.15) is 17.3 Å². The molecule has 2 rings (SSSR count). The summed E-state index contributed by atoms with van der Waals surface area (Å²) < 4.78 is 6.81. The van der Waals surface area contributed by atoms with Crippen LogP contribution in [0.4, 0.5) is 5.69 Å². The van der Waals surface area contributed by atoms with Crippen molar-refractivity contribution in [3.63, 3.8) is 0 Å². The first-order valence-corrected chi connectivity index (χ1v) is 5.43. The molecule has 2 N–H and O–H groups in total. The Hall–Kier alpha value is -2.23. The lowest BCUT2D eigenvalue weighted by molar-refractivity contribution is 0.0527. The Bertz CT molecular complexity index is 518. The van der Waals surface area contributed by atoms with Crippen LogP contribution in [-0.2, 0) is 4.74 Å². The van der Waals surface area contributed by atoms with Crippen LogP contribution in [0.15, 0.2) is 42.7 Å². The van der Waals surface area contributed by atoms with Crippen LogP contribution in [-0.4, -0.2) is 17.1 Å². The summed E-state index contributed by atoms with van der Waals surface area (Å²) in [4.78, 5) is 11.7. The Kier molecular flexibility index (Phi) is 3.14. The number of ether oxygens (including phenoxy) is 1. The van der Waals surface area contributed by atoms with Gasteiger partial charge in [0.25, 0.3) is 0 Å². The van der Waals surface area contributed by atoms with Crippen LogP contribution in [0, 0.1) is 0 Å². The molecule has 1 aromatic carbocycles. The normalized spacial score (nSPS) is 10.2. The van der Waals surface area contributed by atoms with Crippen LogP contribution >= 0.6 is 0 Å². The molecule has 0 unspecified atom stereocenters. The number of nitrogen functional groups attached to an aromatic ring is 1. The molecule has 0 atom stereocenters. The lowest BCUT2D eigenvalue weighted by Crippen LogP contribution is -2.10. The van der Waals surface area contributed by atoms with Gasteiger partial charge in [-0.3, -0.25) is 0 Å². The third kappa shape index (κ3) is 2.15. The van der Waals surface area contributed by atoms with Crippen molar-refractivity contribution in [2.45, 2.75) is 6.92 Å². The number of hydrogen-bond acceptors (Lipinski definition) is 3. The first-order chi connectivity index (χ1) is 8.24. The zero-order valence-corrected chi connectivity index (χ0v) is 9.59. The Morgan fingerprint density at radius 1 is 1.29 bits per heavy atom. The van der Waals surface area contributed by atoms with Gasteiger partial charge in [-0.1, -0.05) is 6.07 Å². The summed E-state index contributed by atoms with van der Waals surface area (Å²) in [5.41, 5.74) is 7.60. The molecule has 0 spiro atoms. The number of benzene rings is 1. The summed E-state index contributed by atoms with van der Waals surface area (Å²) in [5.74, 6) is -0.390. The molecule has 17 heavy (non-hydrogen) atoms. The fourth-order valence-corrected chi connectivity index (χ4v) is 1.66. The maximum Gasteiger partial charge on any atom is 0.340 e. The van der Waals surface area contributed by atoms with E-state index in [-0.39, 0.29) is 5.97 Å². The van der Waals surface area contributed by atoms with Crippen molar-refractivity contribution < 1.29 is 9.53 Å². The van der Waals surface area contributed by atoms with E-state index in [9.17, 15) is 4.79 Å². The van der Waals surface area contributed by atoms with Gasteiger partial charge in [0, 0.05) is 12.4 Å². The SMILES string of the molecule is CCOC(=O)c1cccc(-n2cccc2)c1N. The number of hydrogen-bond donors (Lipinski definition) is 1. The Balaban J connectivity index is 2.44. The summed E-state index contributed by atoms with van der Waals surface area (Å²) in [6.45, 7) is 2.11. The highest BCUT2D eigenvalue weighted by Gasteiger charge is 2.13. The number of para-hydroxylation sites is 1. The topological polar surface area (TPSA) is 57.2 Å². The van der Waals surface area contributed by atoms with Crippen molar-refractivity contribution in [3.8, 4) is 5.69 Å². The largest absolute Gasteiger partial charge is 0.462 e. The Morgan fingerprint density at radius 3 is 2.65 bits per heavy atom. The quantitative estimate of drug-likeness (QED) is 0.649. The summed E-state index contributed by atoms with van der Waals surface area (Å²) in [7, 11) is 0. The molecule has 1 aromatic heterocycles. The molecular formula is C13H14N2O2. The minimum absolute atomic E-state index is 0.339. The number of anilines is 1. The van der Waals surface area contributed by atoms with E-state index in [0.717, 1.165) is 5.69 Å². The fraction of sp³-hybridized carbons (Fsp3) is 0.154. The van der Waals surface area contributed by atoms with Gasteiger partial charge in [-0.15, -0.1) is 0 Å². The van der Waals surface area contributed by atoms with Crippen molar-refractivity contribution in [2.24, 2.45) is 0 Å². The van der Waals surface area contributed by atoms with Gasteiger partial charge < -0.3 is 15.0 Å². The van der Waals surface area contributed by atoms with Crippen molar-refractivity contribution in [1.29, 1.82) is 0 Å². The van der Waals surface area contributed by atoms with Gasteiger partial charge >= 0.3 is 5.97 Å². The minimum atomic E-state index is -0.390. The van der Waals surface area contributed by atoms with Crippen molar-refractivity contribution in [1.82, 2.24) is 4.57 Å². The van der Waals surface area contributed by atoms with E-state index in [1.54, 1.807) is 19.1 Å². The van der Waals surface area contributed by atoms with Crippen molar-refractivity contribution in [3.05, 3.63) is 48.3 Å². The van der Waals surface area contributed by atoms with Crippen LogP contribution in [0.5, 0.6) is 0 Å². The molecule has 0 aliphatic rings. The predicted molar refractivity (Wildman–Crippen MR) is 66.1 cm³/mol. The van der Waals surface area contributed by atoms with Crippen LogP contribution in [0.2, 0.25) is 0 Å². The molecule has 1 heterocycles. The Labute approximate surface area is 99.6 Å². The summed E-state index contributed by atoms with van der Waals surface area (Å²) in [5, 5.41) is 0. The first-order valence-electron chi connectivity index (χ1n) is 5.43. The lowest BCUT2D eigenvalue weighted by Gasteiger charge is -2.10. The van der Waals surface area contributed by atoms with E-state index >= 15 is 0 Å². The highest BCUT2D eigenvalue weighted by atomic mass is 16.5. The van der Waals surface area contributed by atoms with Crippen LogP contribution < -0.4 is 5.73 Å². The maximum atomic E-state index is 11.7. The van der Waals surface area contributed by atoms with Gasteiger partial charge in [-0.2, -0.15) is 0 Å². The monoisotopic (exact) mass is 230 g/mol. The average molecular weight is 230 g/mol. The summed E-state index contributed by atoms with van der Waals surface area (Å²) in [6, 6.07) is 9.11. The zero-order valence-electron chi connectivity index (χ0n) is 9.59. The van der Waals surface area contributed by atoms with Crippen LogP contribution in [0.3, 0.4) is 0 Å². The predicted octanol–water partition coefficient (Wildman–Crippen LogP) is 2.24. The Morgan fingerprint density at radius 2 is 2.00 bits per heavy atom. The van der Waals surface area contributed by atoms with Gasteiger partial charge in [0.05, 0.1) is 23.5 Å². The molecule has 4 nitrogen and oxygen atoms in total. The van der Waals surface area contributed by atoms with E-state index in [1.165, 1.54) is 0 Å². The number of aromatic nitrogens is 1. The number of carbonyl (C=O) groups excluding carboxylic acids is 1. The molecule has 2 aromatic rings. The zero-order chi connectivity index (χ0) is 12.3. The van der Waals surface area contributed by atoms with Crippen molar-refractivity contribution in [2.75, 3.05) is 12.3 Å². The maximum absolute atomic E-state index is 11.7. The van der Waals surface area contributed by atoms with E-state index in [2.05, 4.69) is 0 Å². The summed E-state index contributed by atoms with van der Waals surface area (Å²) >= 11 is 0. The summed E-state index contributed by atoms with van der Waals surface area (Å²) in [6.07, 6.45) is 3.75. The molecule has 4 heteroatoms. The molecule has 88 valence electrons. The number of nitrogens with zero attached hydrogens (tertiary/aromatic N) is 1. The van der Waals surface area contributed by atoms with Gasteiger partial charge in [0.1, 0.15) is 0 Å². The van der Waals surface area contributed by atoms with E-state index < -0.39 is 0 Å². The number of carbonyl (C=O) groups is 1. The molecular weight excluding hydrogens is 216 g/mol. The number of rotatable bonds is 3. The highest BCUT2D eigenvalue weighted by Crippen LogP contribution is 2.22. The lowest BCUT2D eigenvalue weighted by atomic mass is 10.1. The number of esters is 1. The van der Waals surface area contributed by atoms with Crippen molar-refractivity contribution >= 4 is 11.7 Å². The van der Waals surface area contributed by atoms with E-state index in [1.807, 2.05) is 35.2 Å². The smallest absolute Gasteiger partial charge is 0.340 e. The van der Waals surface area contributed by atoms with E-state index in [4.69, 9.17) is 10.5 Å². The average Bonchev–Trinajstić information content (AvgIpc) is 2.83. The first kappa shape index (κ1) is 11.3. The van der Waals surface area contributed by atoms with Gasteiger partial charge in [0.15, 0.2) is 0 Å². The molecule has 0 aliphatic heterocycles. The van der Waals surface area contributed by atoms with Crippen LogP contribution in [0.25, 0.3) is 5.69 Å². The second-order valence-corrected chi connectivity index (χ2v) is 3.55. The molecule has 0 fully saturated rings. The third-order valence-electron chi connectivity index (χ3n) is 2.46. The van der Waals surface area contributed by atoms with Gasteiger partial charge in [-0.05, 0) is 31.2 Å². The fourth-order valence-electron chi connectivity index (χ4n) is 1.66. The molecule has 0 bridgehead atoms. The van der Waals surface area contributed by atoms with Gasteiger partial charge in [0.2, 0.25) is 0 Å². The molecule has 0 radical (unpaired) electrons. The standard InChI is InChI=1S/C13H14N2O2/c1-2-17-13(16)10-6-5-7-11(12(10)14)15-8-3-4-9-15/h3-9H,2,14H2,1H3.